The Hall–Kier alpha value is -1.23. The van der Waals surface area contributed by atoms with E-state index in [2.05, 4.69) is 5.32 Å². The van der Waals surface area contributed by atoms with E-state index in [0.717, 1.165) is 0 Å². The summed E-state index contributed by atoms with van der Waals surface area (Å²) in [4.78, 5) is 0. The summed E-state index contributed by atoms with van der Waals surface area (Å²) in [7, 11) is 0. The average Bonchev–Trinajstić information content (AvgIpc) is 2.15. The van der Waals surface area contributed by atoms with Gasteiger partial charge in [-0.3, -0.25) is 0 Å². The number of nitrogens with one attached hydrogen (secondary N) is 1. The summed E-state index contributed by atoms with van der Waals surface area (Å²) in [5, 5.41) is 11.9. The monoisotopic (exact) mass is 217 g/mol. The number of hydrogen-bond acceptors (Lipinski definition) is 2. The molecule has 1 aromatic carbocycles. The van der Waals surface area contributed by atoms with Crippen LogP contribution in [0.15, 0.2) is 18.2 Å². The van der Waals surface area contributed by atoms with Crippen LogP contribution in [-0.2, 0) is 6.54 Å². The lowest BCUT2D eigenvalue weighted by molar-refractivity contribution is -0.150. The Bertz CT molecular complexity index is 375. The van der Waals surface area contributed by atoms with E-state index in [1.54, 1.807) is 0 Å². The second-order valence-corrected chi connectivity index (χ2v) is 3.61. The number of fused-ring (bicyclic) bond motifs is 1. The van der Waals surface area contributed by atoms with Crippen LogP contribution in [0.1, 0.15) is 17.0 Å². The van der Waals surface area contributed by atoms with Gasteiger partial charge in [0, 0.05) is 13.1 Å². The molecule has 0 radical (unpaired) electrons. The van der Waals surface area contributed by atoms with Gasteiger partial charge >= 0.3 is 6.18 Å². The average molecular weight is 217 g/mol. The van der Waals surface area contributed by atoms with E-state index < -0.39 is 12.1 Å². The molecule has 2 nitrogen and oxygen atoms in total. The Morgan fingerprint density at radius 2 is 2.07 bits per heavy atom. The van der Waals surface area contributed by atoms with Crippen LogP contribution in [-0.4, -0.2) is 17.8 Å². The minimum absolute atomic E-state index is 0.120. The van der Waals surface area contributed by atoms with Crippen molar-refractivity contribution in [3.63, 3.8) is 0 Å². The van der Waals surface area contributed by atoms with Crippen LogP contribution in [0.5, 0.6) is 5.75 Å². The fourth-order valence-electron chi connectivity index (χ4n) is 1.82. The number of aromatic hydroxyl groups is 1. The molecule has 15 heavy (non-hydrogen) atoms. The molecule has 82 valence electrons. The zero-order valence-electron chi connectivity index (χ0n) is 7.80. The normalized spacial score (nSPS) is 21.1. The Labute approximate surface area is 84.7 Å². The van der Waals surface area contributed by atoms with Gasteiger partial charge in [0.05, 0.1) is 5.92 Å². The maximum absolute atomic E-state index is 12.6. The molecule has 0 bridgehead atoms. The highest BCUT2D eigenvalue weighted by Gasteiger charge is 2.42. The topological polar surface area (TPSA) is 32.3 Å². The predicted octanol–water partition coefficient (Wildman–Crippen LogP) is 2.14. The van der Waals surface area contributed by atoms with E-state index in [4.69, 9.17) is 0 Å². The Morgan fingerprint density at radius 1 is 1.33 bits per heavy atom. The quantitative estimate of drug-likeness (QED) is 0.697. The number of phenols is 1. The molecule has 0 saturated carbocycles. The third-order valence-electron chi connectivity index (χ3n) is 2.56. The molecule has 1 unspecified atom stereocenters. The standard InChI is InChI=1S/C10H10F3NO/c11-10(12,13)9-5-14-4-6-1-2-7(15)3-8(6)9/h1-3,9,14-15H,4-5H2. The molecular weight excluding hydrogens is 207 g/mol. The van der Waals surface area contributed by atoms with Gasteiger partial charge in [-0.25, -0.2) is 0 Å². The third kappa shape index (κ3) is 1.92. The van der Waals surface area contributed by atoms with Crippen LogP contribution in [0.3, 0.4) is 0 Å². The molecular formula is C10H10F3NO. The lowest BCUT2D eigenvalue weighted by Crippen LogP contribution is -2.36. The van der Waals surface area contributed by atoms with Gasteiger partial charge in [-0.15, -0.1) is 0 Å². The highest BCUT2D eigenvalue weighted by molar-refractivity contribution is 5.39. The van der Waals surface area contributed by atoms with Crippen LogP contribution in [0.25, 0.3) is 0 Å². The summed E-state index contributed by atoms with van der Waals surface area (Å²) in [6, 6.07) is 4.13. The minimum atomic E-state index is -4.27. The van der Waals surface area contributed by atoms with Gasteiger partial charge in [0.1, 0.15) is 5.75 Å². The van der Waals surface area contributed by atoms with Crippen molar-refractivity contribution in [2.24, 2.45) is 0 Å². The fourth-order valence-corrected chi connectivity index (χ4v) is 1.82. The van der Waals surface area contributed by atoms with Gasteiger partial charge < -0.3 is 10.4 Å². The highest BCUT2D eigenvalue weighted by Crippen LogP contribution is 2.38. The lowest BCUT2D eigenvalue weighted by atomic mass is 9.90. The highest BCUT2D eigenvalue weighted by atomic mass is 19.4. The van der Waals surface area contributed by atoms with Crippen LogP contribution in [0.2, 0.25) is 0 Å². The summed E-state index contributed by atoms with van der Waals surface area (Å²) < 4.78 is 37.9. The van der Waals surface area contributed by atoms with Crippen LogP contribution in [0, 0.1) is 0 Å². The SMILES string of the molecule is Oc1ccc2c(c1)C(C(F)(F)F)CNC2. The Kier molecular flexibility index (Phi) is 2.34. The molecule has 0 aromatic heterocycles. The maximum Gasteiger partial charge on any atom is 0.396 e. The molecule has 5 heteroatoms. The second kappa shape index (κ2) is 3.41. The van der Waals surface area contributed by atoms with Gasteiger partial charge in [0.25, 0.3) is 0 Å². The van der Waals surface area contributed by atoms with Gasteiger partial charge in [0.15, 0.2) is 0 Å². The zero-order valence-corrected chi connectivity index (χ0v) is 7.80. The molecule has 0 spiro atoms. The number of halogens is 3. The van der Waals surface area contributed by atoms with Gasteiger partial charge in [-0.2, -0.15) is 13.2 Å². The molecule has 1 aliphatic heterocycles. The van der Waals surface area contributed by atoms with E-state index in [9.17, 15) is 18.3 Å². The first-order chi connectivity index (χ1) is 6.98. The van der Waals surface area contributed by atoms with E-state index >= 15 is 0 Å². The first-order valence-electron chi connectivity index (χ1n) is 4.57. The number of alkyl halides is 3. The van der Waals surface area contributed by atoms with Crippen molar-refractivity contribution in [2.75, 3.05) is 6.54 Å². The van der Waals surface area contributed by atoms with Gasteiger partial charge in [-0.05, 0) is 23.3 Å². The molecule has 1 aliphatic rings. The number of rotatable bonds is 0. The molecule has 0 fully saturated rings. The van der Waals surface area contributed by atoms with Crippen LogP contribution in [0.4, 0.5) is 13.2 Å². The Morgan fingerprint density at radius 3 is 2.73 bits per heavy atom. The molecule has 0 amide bonds. The van der Waals surface area contributed by atoms with Crippen molar-refractivity contribution in [3.8, 4) is 5.75 Å². The lowest BCUT2D eigenvalue weighted by Gasteiger charge is -2.28. The second-order valence-electron chi connectivity index (χ2n) is 3.61. The van der Waals surface area contributed by atoms with Gasteiger partial charge in [-0.1, -0.05) is 6.07 Å². The summed E-state index contributed by atoms with van der Waals surface area (Å²) >= 11 is 0. The zero-order chi connectivity index (χ0) is 11.1. The molecule has 1 atom stereocenters. The van der Waals surface area contributed by atoms with Crippen molar-refractivity contribution < 1.29 is 18.3 Å². The molecule has 1 heterocycles. The van der Waals surface area contributed by atoms with Crippen molar-refractivity contribution in [2.45, 2.75) is 18.6 Å². The molecule has 1 aromatic rings. The van der Waals surface area contributed by atoms with Crippen molar-refractivity contribution in [3.05, 3.63) is 29.3 Å². The van der Waals surface area contributed by atoms with E-state index in [-0.39, 0.29) is 17.9 Å². The Balaban J connectivity index is 2.45. The molecule has 2 N–H and O–H groups in total. The first kappa shape index (κ1) is 10.3. The van der Waals surface area contributed by atoms with Crippen molar-refractivity contribution in [1.82, 2.24) is 5.32 Å². The summed E-state index contributed by atoms with van der Waals surface area (Å²) in [6.07, 6.45) is -4.27. The summed E-state index contributed by atoms with van der Waals surface area (Å²) in [6.45, 7) is 0.294. The van der Waals surface area contributed by atoms with Crippen LogP contribution >= 0.6 is 0 Å². The van der Waals surface area contributed by atoms with E-state index in [1.807, 2.05) is 0 Å². The van der Waals surface area contributed by atoms with E-state index in [1.165, 1.54) is 18.2 Å². The molecule has 2 rings (SSSR count). The van der Waals surface area contributed by atoms with E-state index in [0.29, 0.717) is 12.1 Å². The third-order valence-corrected chi connectivity index (χ3v) is 2.56. The van der Waals surface area contributed by atoms with Crippen LogP contribution < -0.4 is 5.32 Å². The molecule has 0 aliphatic carbocycles. The fraction of sp³-hybridized carbons (Fsp3) is 0.400. The van der Waals surface area contributed by atoms with Crippen molar-refractivity contribution in [1.29, 1.82) is 0 Å². The molecule has 0 saturated heterocycles. The first-order valence-corrected chi connectivity index (χ1v) is 4.57. The summed E-state index contributed by atoms with van der Waals surface area (Å²) in [5.41, 5.74) is 0.780. The number of hydrogen-bond donors (Lipinski definition) is 2. The summed E-state index contributed by atoms with van der Waals surface area (Å²) in [5.74, 6) is -1.64. The smallest absolute Gasteiger partial charge is 0.396 e. The number of phenolic OH excluding ortho intramolecular Hbond substituents is 1. The number of benzene rings is 1. The maximum atomic E-state index is 12.6. The minimum Gasteiger partial charge on any atom is -0.508 e. The predicted molar refractivity (Wildman–Crippen MR) is 48.6 cm³/mol. The largest absolute Gasteiger partial charge is 0.508 e. The van der Waals surface area contributed by atoms with Crippen molar-refractivity contribution >= 4 is 0 Å². The van der Waals surface area contributed by atoms with Gasteiger partial charge in [0.2, 0.25) is 0 Å².